The molecule has 5 nitrogen and oxygen atoms in total. The number of halogens is 2. The topological polar surface area (TPSA) is 46.5 Å². The van der Waals surface area contributed by atoms with Crippen molar-refractivity contribution in [1.29, 1.82) is 0 Å². The Labute approximate surface area is 187 Å². The fourth-order valence-electron chi connectivity index (χ4n) is 3.43. The Kier molecular flexibility index (Phi) is 5.87. The quantitative estimate of drug-likeness (QED) is 0.404. The number of nitrogens with one attached hydrogen (secondary N) is 1. The van der Waals surface area contributed by atoms with E-state index in [4.69, 9.17) is 17.0 Å². The molecular formula is C22H19BrFN3O2S. The highest BCUT2D eigenvalue weighted by atomic mass is 79.9. The molecule has 2 heterocycles. The van der Waals surface area contributed by atoms with Crippen LogP contribution in [-0.2, 0) is 11.3 Å². The maximum absolute atomic E-state index is 13.8. The predicted molar refractivity (Wildman–Crippen MR) is 123 cm³/mol. The molecule has 1 aliphatic rings. The molecule has 4 rings (SSSR count). The van der Waals surface area contributed by atoms with E-state index in [0.29, 0.717) is 30.5 Å². The molecule has 0 bridgehead atoms. The van der Waals surface area contributed by atoms with Crippen molar-refractivity contribution in [2.45, 2.75) is 13.5 Å². The van der Waals surface area contributed by atoms with E-state index >= 15 is 0 Å². The molecule has 0 unspecified atom stereocenters. The molecule has 3 aromatic rings. The first-order valence-electron chi connectivity index (χ1n) is 9.48. The number of fused-ring (bicyclic) bond motifs is 1. The summed E-state index contributed by atoms with van der Waals surface area (Å²) in [6.07, 6.45) is 3.77. The zero-order chi connectivity index (χ0) is 21.3. The molecule has 30 heavy (non-hydrogen) atoms. The average molecular weight is 488 g/mol. The Balaban J connectivity index is 1.63. The van der Waals surface area contributed by atoms with E-state index in [1.165, 1.54) is 11.0 Å². The summed E-state index contributed by atoms with van der Waals surface area (Å²) in [6.45, 7) is 3.23. The van der Waals surface area contributed by atoms with E-state index in [9.17, 15) is 9.18 Å². The number of ether oxygens (including phenoxy) is 1. The molecule has 1 amide bonds. The number of carbonyl (C=O) groups is 1. The van der Waals surface area contributed by atoms with Crippen molar-refractivity contribution < 1.29 is 13.9 Å². The van der Waals surface area contributed by atoms with Gasteiger partial charge in [0, 0.05) is 33.7 Å². The molecule has 1 aromatic heterocycles. The van der Waals surface area contributed by atoms with Gasteiger partial charge in [-0.05, 0) is 55.5 Å². The summed E-state index contributed by atoms with van der Waals surface area (Å²) in [5.41, 5.74) is 2.32. The van der Waals surface area contributed by atoms with E-state index in [0.717, 1.165) is 20.9 Å². The number of carbonyl (C=O) groups excluding carboxylic acids is 1. The largest absolute Gasteiger partial charge is 0.489 e. The first-order valence-corrected chi connectivity index (χ1v) is 10.7. The molecule has 0 aliphatic carbocycles. The van der Waals surface area contributed by atoms with Crippen LogP contribution in [0.3, 0.4) is 0 Å². The number of hydrogen-bond donors (Lipinski definition) is 1. The summed E-state index contributed by atoms with van der Waals surface area (Å²) >= 11 is 8.75. The second kappa shape index (κ2) is 8.57. The van der Waals surface area contributed by atoms with Crippen molar-refractivity contribution >= 4 is 56.1 Å². The van der Waals surface area contributed by atoms with E-state index < -0.39 is 0 Å². The Morgan fingerprint density at radius 2 is 2.07 bits per heavy atom. The van der Waals surface area contributed by atoms with Crippen LogP contribution in [0.4, 0.5) is 4.39 Å². The lowest BCUT2D eigenvalue weighted by Crippen LogP contribution is -2.30. The van der Waals surface area contributed by atoms with Crippen molar-refractivity contribution in [2.24, 2.45) is 0 Å². The zero-order valence-corrected chi connectivity index (χ0v) is 18.6. The van der Waals surface area contributed by atoms with Crippen molar-refractivity contribution in [2.75, 3.05) is 13.2 Å². The summed E-state index contributed by atoms with van der Waals surface area (Å²) in [5.74, 6) is -0.291. The number of rotatable bonds is 6. The molecule has 0 atom stereocenters. The standard InChI is InChI=1S/C22H19BrFN3O2S/c1-2-27-21(28)18(25-22(27)30)11-14-13-26(19-8-7-15(23)12-16(14)19)9-10-29-20-6-4-3-5-17(20)24/h3-8,11-13H,2,9-10H2,1H3,(H,25,30). The maximum Gasteiger partial charge on any atom is 0.276 e. The van der Waals surface area contributed by atoms with E-state index in [2.05, 4.69) is 21.2 Å². The lowest BCUT2D eigenvalue weighted by Gasteiger charge is -2.09. The first kappa shape index (κ1) is 20.6. The van der Waals surface area contributed by atoms with E-state index in [-0.39, 0.29) is 17.5 Å². The number of amides is 1. The Hall–Kier alpha value is -2.71. The Morgan fingerprint density at radius 1 is 1.27 bits per heavy atom. The van der Waals surface area contributed by atoms with Gasteiger partial charge in [0.15, 0.2) is 16.7 Å². The minimum atomic E-state index is -0.383. The van der Waals surface area contributed by atoms with Crippen LogP contribution in [-0.4, -0.2) is 33.6 Å². The molecular weight excluding hydrogens is 469 g/mol. The second-order valence-corrected chi connectivity index (χ2v) is 8.06. The minimum Gasteiger partial charge on any atom is -0.489 e. The summed E-state index contributed by atoms with van der Waals surface area (Å²) in [6, 6.07) is 12.3. The van der Waals surface area contributed by atoms with Gasteiger partial charge < -0.3 is 14.6 Å². The minimum absolute atomic E-state index is 0.138. The number of para-hydroxylation sites is 1. The molecule has 2 aromatic carbocycles. The molecule has 1 saturated heterocycles. The second-order valence-electron chi connectivity index (χ2n) is 6.76. The fraction of sp³-hybridized carbons (Fsp3) is 0.182. The van der Waals surface area contributed by atoms with Crippen LogP contribution in [0.2, 0.25) is 0 Å². The summed E-state index contributed by atoms with van der Waals surface area (Å²) in [4.78, 5) is 14.1. The van der Waals surface area contributed by atoms with E-state index in [1.54, 1.807) is 18.2 Å². The van der Waals surface area contributed by atoms with Crippen LogP contribution in [0.25, 0.3) is 17.0 Å². The van der Waals surface area contributed by atoms with Gasteiger partial charge in [-0.2, -0.15) is 0 Å². The molecule has 1 aliphatic heterocycles. The van der Waals surface area contributed by atoms with Gasteiger partial charge in [0.1, 0.15) is 12.3 Å². The number of benzene rings is 2. The molecule has 8 heteroatoms. The SMILES string of the molecule is CCN1C(=O)C(=Cc2cn(CCOc3ccccc3F)c3ccc(Br)cc23)NC1=S. The highest BCUT2D eigenvalue weighted by Crippen LogP contribution is 2.28. The number of nitrogens with zero attached hydrogens (tertiary/aromatic N) is 2. The average Bonchev–Trinajstić information content (AvgIpc) is 3.19. The van der Waals surface area contributed by atoms with Gasteiger partial charge in [0.05, 0.1) is 6.54 Å². The van der Waals surface area contributed by atoms with Crippen LogP contribution in [0.1, 0.15) is 12.5 Å². The third-order valence-corrected chi connectivity index (χ3v) is 5.69. The van der Waals surface area contributed by atoms with Crippen molar-refractivity contribution in [3.8, 4) is 5.75 Å². The molecule has 0 spiro atoms. The lowest BCUT2D eigenvalue weighted by molar-refractivity contribution is -0.122. The third-order valence-electron chi connectivity index (χ3n) is 4.88. The molecule has 1 fully saturated rings. The summed E-state index contributed by atoms with van der Waals surface area (Å²) < 4.78 is 22.3. The van der Waals surface area contributed by atoms with Crippen LogP contribution >= 0.6 is 28.1 Å². The van der Waals surface area contributed by atoms with Crippen LogP contribution < -0.4 is 10.1 Å². The first-order chi connectivity index (χ1) is 14.5. The van der Waals surface area contributed by atoms with Crippen molar-refractivity contribution in [1.82, 2.24) is 14.8 Å². The van der Waals surface area contributed by atoms with Crippen LogP contribution in [0.15, 0.2) is 58.8 Å². The summed E-state index contributed by atoms with van der Waals surface area (Å²) in [5, 5.41) is 4.39. The van der Waals surface area contributed by atoms with E-state index in [1.807, 2.05) is 42.0 Å². The van der Waals surface area contributed by atoms with Crippen LogP contribution in [0.5, 0.6) is 5.75 Å². The highest BCUT2D eigenvalue weighted by Gasteiger charge is 2.29. The lowest BCUT2D eigenvalue weighted by atomic mass is 10.1. The monoisotopic (exact) mass is 487 g/mol. The number of aromatic nitrogens is 1. The van der Waals surface area contributed by atoms with Gasteiger partial charge in [0.2, 0.25) is 0 Å². The molecule has 154 valence electrons. The predicted octanol–water partition coefficient (Wildman–Crippen LogP) is 4.70. The molecule has 0 radical (unpaired) electrons. The molecule has 1 N–H and O–H groups in total. The third kappa shape index (κ3) is 3.97. The zero-order valence-electron chi connectivity index (χ0n) is 16.2. The van der Waals surface area contributed by atoms with Gasteiger partial charge in [0.25, 0.3) is 5.91 Å². The van der Waals surface area contributed by atoms with Crippen molar-refractivity contribution in [3.63, 3.8) is 0 Å². The fourth-order valence-corrected chi connectivity index (χ4v) is 4.11. The van der Waals surface area contributed by atoms with Gasteiger partial charge in [-0.1, -0.05) is 28.1 Å². The Morgan fingerprint density at radius 3 is 2.80 bits per heavy atom. The van der Waals surface area contributed by atoms with Gasteiger partial charge >= 0.3 is 0 Å². The molecule has 0 saturated carbocycles. The van der Waals surface area contributed by atoms with Crippen molar-refractivity contribution in [3.05, 3.63) is 70.2 Å². The van der Waals surface area contributed by atoms with Gasteiger partial charge in [-0.15, -0.1) is 0 Å². The summed E-state index contributed by atoms with van der Waals surface area (Å²) in [7, 11) is 0. The van der Waals surface area contributed by atoms with Gasteiger partial charge in [-0.3, -0.25) is 9.69 Å². The van der Waals surface area contributed by atoms with Gasteiger partial charge in [-0.25, -0.2) is 4.39 Å². The highest BCUT2D eigenvalue weighted by molar-refractivity contribution is 9.10. The number of likely N-dealkylation sites (N-methyl/N-ethyl adjacent to an activating group) is 1. The number of thiocarbonyl (C=S) groups is 1. The maximum atomic E-state index is 13.8. The normalized spacial score (nSPS) is 15.3. The Bertz CT molecular complexity index is 1170. The number of hydrogen-bond acceptors (Lipinski definition) is 3. The van der Waals surface area contributed by atoms with Crippen LogP contribution in [0, 0.1) is 5.82 Å². The smallest absolute Gasteiger partial charge is 0.276 e.